The van der Waals surface area contributed by atoms with Crippen molar-refractivity contribution in [2.75, 3.05) is 5.32 Å². The van der Waals surface area contributed by atoms with Crippen LogP contribution < -0.4 is 5.32 Å². The molecule has 6 rings (SSSR count). The van der Waals surface area contributed by atoms with E-state index in [1.54, 1.807) is 4.68 Å². The third kappa shape index (κ3) is 3.87. The van der Waals surface area contributed by atoms with E-state index >= 15 is 0 Å². The Balaban J connectivity index is 1.19. The van der Waals surface area contributed by atoms with Crippen molar-refractivity contribution in [1.29, 1.82) is 0 Å². The van der Waals surface area contributed by atoms with Gasteiger partial charge in [0.15, 0.2) is 5.65 Å². The van der Waals surface area contributed by atoms with Crippen LogP contribution in [0, 0.1) is 0 Å². The topological polar surface area (TPSA) is 90.0 Å². The largest absolute Gasteiger partial charge is 0.319 e. The first-order valence-corrected chi connectivity index (χ1v) is 11.0. The van der Waals surface area contributed by atoms with E-state index in [2.05, 4.69) is 25.6 Å². The van der Waals surface area contributed by atoms with Gasteiger partial charge in [-0.05, 0) is 54.8 Å². The second kappa shape index (κ2) is 7.98. The van der Waals surface area contributed by atoms with Crippen LogP contribution >= 0.6 is 0 Å². The van der Waals surface area contributed by atoms with E-state index in [4.69, 9.17) is 0 Å². The highest BCUT2D eigenvalue weighted by molar-refractivity contribution is 6.01. The van der Waals surface area contributed by atoms with E-state index in [1.807, 2.05) is 83.4 Å². The molecule has 0 radical (unpaired) electrons. The number of aromatic nitrogens is 6. The lowest BCUT2D eigenvalue weighted by molar-refractivity contribution is 0.101. The molecule has 0 saturated heterocycles. The number of benzene rings is 2. The molecular weight excluding hydrogens is 414 g/mol. The highest BCUT2D eigenvalue weighted by Crippen LogP contribution is 2.39. The van der Waals surface area contributed by atoms with Crippen molar-refractivity contribution < 1.29 is 4.79 Å². The third-order valence-electron chi connectivity index (χ3n) is 5.74. The number of rotatable bonds is 6. The summed E-state index contributed by atoms with van der Waals surface area (Å²) in [5, 5.41) is 15.9. The Hall–Kier alpha value is -4.33. The minimum atomic E-state index is -0.317. The van der Waals surface area contributed by atoms with Gasteiger partial charge in [-0.15, -0.1) is 15.3 Å². The van der Waals surface area contributed by atoms with E-state index < -0.39 is 0 Å². The van der Waals surface area contributed by atoms with E-state index in [-0.39, 0.29) is 11.7 Å². The van der Waals surface area contributed by atoms with Gasteiger partial charge >= 0.3 is 0 Å². The van der Waals surface area contributed by atoms with Crippen molar-refractivity contribution in [3.63, 3.8) is 0 Å². The quantitative estimate of drug-likeness (QED) is 0.435. The maximum Gasteiger partial charge on any atom is 0.295 e. The zero-order valence-electron chi connectivity index (χ0n) is 17.8. The molecule has 33 heavy (non-hydrogen) atoms. The Labute approximate surface area is 189 Å². The highest BCUT2D eigenvalue weighted by atomic mass is 16.2. The molecule has 1 saturated carbocycles. The minimum Gasteiger partial charge on any atom is -0.319 e. The lowest BCUT2D eigenvalue weighted by Gasteiger charge is -2.05. The zero-order chi connectivity index (χ0) is 22.2. The fourth-order valence-electron chi connectivity index (χ4n) is 3.87. The van der Waals surface area contributed by atoms with Crippen LogP contribution in [0.2, 0.25) is 0 Å². The van der Waals surface area contributed by atoms with Gasteiger partial charge < -0.3 is 5.32 Å². The molecule has 3 aromatic heterocycles. The van der Waals surface area contributed by atoms with Crippen molar-refractivity contribution in [1.82, 2.24) is 29.4 Å². The van der Waals surface area contributed by atoms with Crippen molar-refractivity contribution >= 4 is 17.2 Å². The number of fused-ring (bicyclic) bond motifs is 1. The maximum absolute atomic E-state index is 12.9. The number of hydrogen-bond acceptors (Lipinski definition) is 5. The van der Waals surface area contributed by atoms with Crippen LogP contribution in [-0.2, 0) is 6.42 Å². The second-order valence-electron chi connectivity index (χ2n) is 8.19. The first-order valence-electron chi connectivity index (χ1n) is 11.0. The number of hydrogen-bond donors (Lipinski definition) is 1. The molecule has 1 aliphatic rings. The molecule has 162 valence electrons. The molecule has 0 bridgehead atoms. The normalized spacial score (nSPS) is 13.3. The third-order valence-corrected chi connectivity index (χ3v) is 5.74. The lowest BCUT2D eigenvalue weighted by Crippen LogP contribution is -2.14. The Morgan fingerprint density at radius 3 is 2.52 bits per heavy atom. The standard InChI is InChI=1S/C25H21N7O/c33-25(23-27-24(18-11-12-18)32(30-23)20-6-2-1-3-7-20)26-19-13-9-17(10-14-19)16-22-29-28-21-8-4-5-15-31(21)22/h1-10,13-15,18H,11-12,16H2,(H,26,33). The molecule has 1 aliphatic carbocycles. The molecule has 8 nitrogen and oxygen atoms in total. The minimum absolute atomic E-state index is 0.180. The maximum atomic E-state index is 12.9. The Kier molecular flexibility index (Phi) is 4.68. The van der Waals surface area contributed by atoms with Crippen LogP contribution in [0.4, 0.5) is 5.69 Å². The van der Waals surface area contributed by atoms with Crippen molar-refractivity contribution in [3.8, 4) is 5.69 Å². The number of para-hydroxylation sites is 1. The second-order valence-corrected chi connectivity index (χ2v) is 8.19. The summed E-state index contributed by atoms with van der Waals surface area (Å²) < 4.78 is 3.76. The van der Waals surface area contributed by atoms with Gasteiger partial charge in [0.2, 0.25) is 5.82 Å². The van der Waals surface area contributed by atoms with E-state index in [0.717, 1.165) is 41.4 Å². The molecule has 2 aromatic carbocycles. The number of carbonyl (C=O) groups excluding carboxylic acids is 1. The van der Waals surface area contributed by atoms with Gasteiger partial charge in [-0.1, -0.05) is 36.4 Å². The first-order chi connectivity index (χ1) is 16.2. The first kappa shape index (κ1) is 19.4. The number of nitrogens with zero attached hydrogens (tertiary/aromatic N) is 6. The van der Waals surface area contributed by atoms with Crippen molar-refractivity contribution in [3.05, 3.63) is 102 Å². The molecule has 1 amide bonds. The van der Waals surface area contributed by atoms with Crippen LogP contribution in [0.5, 0.6) is 0 Å². The average molecular weight is 435 g/mol. The number of carbonyl (C=O) groups is 1. The molecule has 3 heterocycles. The van der Waals surface area contributed by atoms with Crippen LogP contribution in [0.3, 0.4) is 0 Å². The summed E-state index contributed by atoms with van der Waals surface area (Å²) in [4.78, 5) is 17.4. The molecule has 1 N–H and O–H groups in total. The van der Waals surface area contributed by atoms with Gasteiger partial charge in [0.1, 0.15) is 11.6 Å². The fourth-order valence-corrected chi connectivity index (χ4v) is 3.87. The van der Waals surface area contributed by atoms with Crippen LogP contribution in [0.15, 0.2) is 79.0 Å². The summed E-state index contributed by atoms with van der Waals surface area (Å²) in [5.74, 6) is 1.95. The van der Waals surface area contributed by atoms with Crippen molar-refractivity contribution in [2.24, 2.45) is 0 Å². The van der Waals surface area contributed by atoms with Gasteiger partial charge in [0.05, 0.1) is 5.69 Å². The number of pyridine rings is 1. The monoisotopic (exact) mass is 435 g/mol. The molecule has 0 spiro atoms. The van der Waals surface area contributed by atoms with Gasteiger partial charge in [-0.2, -0.15) is 0 Å². The number of nitrogens with one attached hydrogen (secondary N) is 1. The van der Waals surface area contributed by atoms with Gasteiger partial charge in [-0.25, -0.2) is 9.67 Å². The van der Waals surface area contributed by atoms with Gasteiger partial charge in [0.25, 0.3) is 5.91 Å². The summed E-state index contributed by atoms with van der Waals surface area (Å²) in [6.45, 7) is 0. The SMILES string of the molecule is O=C(Nc1ccc(Cc2nnc3ccccn23)cc1)c1nc(C2CC2)n(-c2ccccc2)n1. The van der Waals surface area contributed by atoms with Crippen LogP contribution in [-0.4, -0.2) is 35.3 Å². The van der Waals surface area contributed by atoms with Crippen LogP contribution in [0.25, 0.3) is 11.3 Å². The summed E-state index contributed by atoms with van der Waals surface area (Å²) in [7, 11) is 0. The summed E-state index contributed by atoms with van der Waals surface area (Å²) in [6, 6.07) is 23.4. The molecule has 1 fully saturated rings. The molecular formula is C25H21N7O. The lowest BCUT2D eigenvalue weighted by atomic mass is 10.1. The molecule has 8 heteroatoms. The van der Waals surface area contributed by atoms with Crippen molar-refractivity contribution in [2.45, 2.75) is 25.2 Å². The highest BCUT2D eigenvalue weighted by Gasteiger charge is 2.31. The summed E-state index contributed by atoms with van der Waals surface area (Å²) in [5.41, 5.74) is 3.51. The van der Waals surface area contributed by atoms with Gasteiger partial charge in [-0.3, -0.25) is 9.20 Å². The van der Waals surface area contributed by atoms with Crippen LogP contribution in [0.1, 0.15) is 46.6 Å². The Bertz CT molecular complexity index is 1430. The Morgan fingerprint density at radius 2 is 1.73 bits per heavy atom. The molecule has 0 unspecified atom stereocenters. The predicted octanol–water partition coefficient (Wildman–Crippen LogP) is 4.03. The average Bonchev–Trinajstić information content (AvgIpc) is 3.48. The van der Waals surface area contributed by atoms with E-state index in [9.17, 15) is 4.79 Å². The fraction of sp³-hybridized carbons (Fsp3) is 0.160. The van der Waals surface area contributed by atoms with E-state index in [1.165, 1.54) is 0 Å². The zero-order valence-corrected chi connectivity index (χ0v) is 17.8. The Morgan fingerprint density at radius 1 is 0.939 bits per heavy atom. The summed E-state index contributed by atoms with van der Waals surface area (Å²) >= 11 is 0. The molecule has 0 atom stereocenters. The number of amides is 1. The number of anilines is 1. The summed E-state index contributed by atoms with van der Waals surface area (Å²) in [6.07, 6.45) is 4.76. The smallest absolute Gasteiger partial charge is 0.295 e. The van der Waals surface area contributed by atoms with E-state index in [0.29, 0.717) is 18.0 Å². The molecule has 5 aromatic rings. The van der Waals surface area contributed by atoms with Gasteiger partial charge in [0, 0.05) is 24.2 Å². The predicted molar refractivity (Wildman–Crippen MR) is 124 cm³/mol. The molecule has 0 aliphatic heterocycles.